The van der Waals surface area contributed by atoms with Crippen LogP contribution in [0.5, 0.6) is 0 Å². The van der Waals surface area contributed by atoms with Crippen LogP contribution < -0.4 is 5.73 Å². The Bertz CT molecular complexity index is 350. The zero-order valence-electron chi connectivity index (χ0n) is 9.81. The van der Waals surface area contributed by atoms with Gasteiger partial charge in [-0.2, -0.15) is 0 Å². The van der Waals surface area contributed by atoms with E-state index in [-0.39, 0.29) is 5.60 Å². The Morgan fingerprint density at radius 3 is 2.88 bits per heavy atom. The first-order valence-electron chi connectivity index (χ1n) is 5.48. The lowest BCUT2D eigenvalue weighted by atomic mass is 10.1. The van der Waals surface area contributed by atoms with E-state index >= 15 is 0 Å². The van der Waals surface area contributed by atoms with Crippen molar-refractivity contribution in [2.75, 3.05) is 25.4 Å². The fraction of sp³-hybridized carbons (Fsp3) is 0.636. The topological polar surface area (TPSA) is 64.3 Å². The fourth-order valence-electron chi connectivity index (χ4n) is 1.92. The summed E-state index contributed by atoms with van der Waals surface area (Å²) in [4.78, 5) is 10.6. The molecule has 0 spiro atoms. The van der Waals surface area contributed by atoms with Crippen LogP contribution in [0.3, 0.4) is 0 Å². The summed E-state index contributed by atoms with van der Waals surface area (Å²) >= 11 is 0. The molecule has 1 aliphatic heterocycles. The van der Waals surface area contributed by atoms with Crippen LogP contribution in [-0.4, -0.2) is 40.2 Å². The largest absolute Gasteiger partial charge is 0.382 e. The van der Waals surface area contributed by atoms with E-state index in [9.17, 15) is 0 Å². The molecule has 5 heteroatoms. The average molecular weight is 222 g/mol. The van der Waals surface area contributed by atoms with E-state index in [1.54, 1.807) is 12.4 Å². The molecule has 0 radical (unpaired) electrons. The molecule has 0 aromatic carbocycles. The third kappa shape index (κ3) is 2.90. The minimum atomic E-state index is -0.0700. The van der Waals surface area contributed by atoms with Crippen LogP contribution in [0.4, 0.5) is 5.82 Å². The number of nitrogens with zero attached hydrogens (tertiary/aromatic N) is 3. The molecule has 2 rings (SSSR count). The fourth-order valence-corrected chi connectivity index (χ4v) is 1.92. The quantitative estimate of drug-likeness (QED) is 0.796. The van der Waals surface area contributed by atoms with Gasteiger partial charge in [-0.25, -0.2) is 4.98 Å². The van der Waals surface area contributed by atoms with E-state index in [4.69, 9.17) is 10.5 Å². The van der Waals surface area contributed by atoms with Crippen molar-refractivity contribution in [2.45, 2.75) is 26.0 Å². The van der Waals surface area contributed by atoms with Crippen molar-refractivity contribution >= 4 is 5.82 Å². The smallest absolute Gasteiger partial charge is 0.141 e. The van der Waals surface area contributed by atoms with Crippen LogP contribution >= 0.6 is 0 Å². The van der Waals surface area contributed by atoms with Gasteiger partial charge in [-0.3, -0.25) is 9.88 Å². The minimum Gasteiger partial charge on any atom is -0.382 e. The number of ether oxygens (including phenoxy) is 1. The average Bonchev–Trinajstić information content (AvgIpc) is 2.20. The first-order valence-corrected chi connectivity index (χ1v) is 5.48. The molecule has 0 saturated carbocycles. The van der Waals surface area contributed by atoms with Crippen molar-refractivity contribution in [3.63, 3.8) is 0 Å². The molecule has 1 aromatic rings. The lowest BCUT2D eigenvalue weighted by molar-refractivity contribution is -0.0885. The maximum absolute atomic E-state index is 5.65. The van der Waals surface area contributed by atoms with Gasteiger partial charge in [-0.1, -0.05) is 0 Å². The molecule has 2 heterocycles. The Hall–Kier alpha value is -1.20. The van der Waals surface area contributed by atoms with Gasteiger partial charge in [0.1, 0.15) is 5.82 Å². The van der Waals surface area contributed by atoms with Gasteiger partial charge in [0.05, 0.1) is 30.3 Å². The molecule has 0 bridgehead atoms. The maximum Gasteiger partial charge on any atom is 0.141 e. The summed E-state index contributed by atoms with van der Waals surface area (Å²) in [6, 6.07) is 0. The van der Waals surface area contributed by atoms with Crippen LogP contribution in [-0.2, 0) is 11.3 Å². The van der Waals surface area contributed by atoms with E-state index in [1.165, 1.54) is 0 Å². The summed E-state index contributed by atoms with van der Waals surface area (Å²) in [7, 11) is 0. The Balaban J connectivity index is 1.97. The molecule has 88 valence electrons. The Morgan fingerprint density at radius 1 is 1.44 bits per heavy atom. The third-order valence-corrected chi connectivity index (χ3v) is 2.62. The van der Waals surface area contributed by atoms with Gasteiger partial charge in [0.15, 0.2) is 0 Å². The van der Waals surface area contributed by atoms with Gasteiger partial charge in [0, 0.05) is 19.6 Å². The van der Waals surface area contributed by atoms with E-state index in [0.29, 0.717) is 5.82 Å². The number of morpholine rings is 1. The van der Waals surface area contributed by atoms with Crippen molar-refractivity contribution in [1.29, 1.82) is 0 Å². The molecule has 16 heavy (non-hydrogen) atoms. The lowest BCUT2D eigenvalue weighted by Crippen LogP contribution is -2.47. The van der Waals surface area contributed by atoms with Crippen LogP contribution in [0.15, 0.2) is 12.4 Å². The number of nitrogen functional groups attached to an aromatic ring is 1. The zero-order chi connectivity index (χ0) is 11.6. The Morgan fingerprint density at radius 2 is 2.25 bits per heavy atom. The molecule has 0 atom stereocenters. The highest BCUT2D eigenvalue weighted by molar-refractivity contribution is 5.22. The van der Waals surface area contributed by atoms with Gasteiger partial charge in [-0.15, -0.1) is 0 Å². The number of anilines is 1. The highest BCUT2D eigenvalue weighted by atomic mass is 16.5. The molecular formula is C11H18N4O. The van der Waals surface area contributed by atoms with Gasteiger partial charge < -0.3 is 10.5 Å². The summed E-state index contributed by atoms with van der Waals surface area (Å²) in [5, 5.41) is 0. The van der Waals surface area contributed by atoms with Crippen molar-refractivity contribution in [2.24, 2.45) is 0 Å². The second kappa shape index (κ2) is 4.35. The van der Waals surface area contributed by atoms with Gasteiger partial charge in [0.2, 0.25) is 0 Å². The number of rotatable bonds is 2. The molecule has 0 aliphatic carbocycles. The first kappa shape index (κ1) is 11.3. The van der Waals surface area contributed by atoms with Crippen LogP contribution in [0.25, 0.3) is 0 Å². The molecular weight excluding hydrogens is 204 g/mol. The normalized spacial score (nSPS) is 20.9. The Kier molecular flexibility index (Phi) is 3.07. The molecule has 5 nitrogen and oxygen atoms in total. The van der Waals surface area contributed by atoms with E-state index in [1.807, 2.05) is 0 Å². The molecule has 2 N–H and O–H groups in total. The highest BCUT2D eigenvalue weighted by Crippen LogP contribution is 2.17. The first-order chi connectivity index (χ1) is 7.55. The van der Waals surface area contributed by atoms with E-state index < -0.39 is 0 Å². The predicted molar refractivity (Wildman–Crippen MR) is 61.8 cm³/mol. The van der Waals surface area contributed by atoms with Gasteiger partial charge in [0.25, 0.3) is 0 Å². The number of hydrogen-bond donors (Lipinski definition) is 1. The standard InChI is InChI=1S/C11H18N4O/c1-11(2)8-15(3-4-16-11)7-9-5-14-10(12)6-13-9/h5-6H,3-4,7-8H2,1-2H3,(H2,12,14). The molecule has 1 saturated heterocycles. The molecule has 1 aromatic heterocycles. The van der Waals surface area contributed by atoms with E-state index in [2.05, 4.69) is 28.7 Å². The number of hydrogen-bond acceptors (Lipinski definition) is 5. The summed E-state index contributed by atoms with van der Waals surface area (Å²) in [5.74, 6) is 0.464. The van der Waals surface area contributed by atoms with Gasteiger partial charge in [-0.05, 0) is 13.8 Å². The SMILES string of the molecule is CC1(C)CN(Cc2cnc(N)cn2)CCO1. The van der Waals surface area contributed by atoms with Crippen LogP contribution in [0.1, 0.15) is 19.5 Å². The number of aromatic nitrogens is 2. The van der Waals surface area contributed by atoms with Crippen molar-refractivity contribution < 1.29 is 4.74 Å². The van der Waals surface area contributed by atoms with Crippen LogP contribution in [0, 0.1) is 0 Å². The zero-order valence-corrected chi connectivity index (χ0v) is 9.81. The summed E-state index contributed by atoms with van der Waals surface area (Å²) in [6.07, 6.45) is 3.33. The molecule has 1 fully saturated rings. The summed E-state index contributed by atoms with van der Waals surface area (Å²) in [5.41, 5.74) is 6.38. The lowest BCUT2D eigenvalue weighted by Gasteiger charge is -2.37. The molecule has 1 aliphatic rings. The van der Waals surface area contributed by atoms with Gasteiger partial charge >= 0.3 is 0 Å². The minimum absolute atomic E-state index is 0.0700. The van der Waals surface area contributed by atoms with Crippen molar-refractivity contribution in [3.8, 4) is 0 Å². The maximum atomic E-state index is 5.65. The van der Waals surface area contributed by atoms with E-state index in [0.717, 1.165) is 31.9 Å². The Labute approximate surface area is 95.6 Å². The number of nitrogens with two attached hydrogens (primary N) is 1. The monoisotopic (exact) mass is 222 g/mol. The summed E-state index contributed by atoms with van der Waals surface area (Å²) in [6.45, 7) is 7.64. The van der Waals surface area contributed by atoms with Crippen molar-refractivity contribution in [1.82, 2.24) is 14.9 Å². The highest BCUT2D eigenvalue weighted by Gasteiger charge is 2.27. The third-order valence-electron chi connectivity index (χ3n) is 2.62. The second-order valence-corrected chi connectivity index (χ2v) is 4.75. The summed E-state index contributed by atoms with van der Waals surface area (Å²) < 4.78 is 5.65. The van der Waals surface area contributed by atoms with Crippen LogP contribution in [0.2, 0.25) is 0 Å². The predicted octanol–water partition coefficient (Wildman–Crippen LogP) is 0.670. The second-order valence-electron chi connectivity index (χ2n) is 4.75. The molecule has 0 amide bonds. The molecule has 0 unspecified atom stereocenters. The van der Waals surface area contributed by atoms with Crippen molar-refractivity contribution in [3.05, 3.63) is 18.1 Å².